The summed E-state index contributed by atoms with van der Waals surface area (Å²) in [5, 5.41) is 9.11. The molecule has 1 aromatic rings. The van der Waals surface area contributed by atoms with Crippen LogP contribution in [0.3, 0.4) is 0 Å². The van der Waals surface area contributed by atoms with Crippen molar-refractivity contribution in [2.45, 2.75) is 45.1 Å². The highest BCUT2D eigenvalue weighted by atomic mass is 16.4. The van der Waals surface area contributed by atoms with Gasteiger partial charge in [-0.05, 0) is 31.2 Å². The molecular weight excluding hydrogens is 266 g/mol. The molecule has 0 spiro atoms. The zero-order chi connectivity index (χ0) is 15.4. The fourth-order valence-corrected chi connectivity index (χ4v) is 3.05. The third-order valence-corrected chi connectivity index (χ3v) is 4.55. The average molecular weight is 289 g/mol. The lowest BCUT2D eigenvalue weighted by Crippen LogP contribution is -2.37. The fraction of sp³-hybridized carbons (Fsp3) is 0.529. The lowest BCUT2D eigenvalue weighted by atomic mass is 9.96. The van der Waals surface area contributed by atoms with Crippen molar-refractivity contribution in [1.29, 1.82) is 0 Å². The highest BCUT2D eigenvalue weighted by Gasteiger charge is 2.37. The minimum Gasteiger partial charge on any atom is -0.481 e. The van der Waals surface area contributed by atoms with E-state index in [4.69, 9.17) is 5.11 Å². The molecule has 0 saturated carbocycles. The third-order valence-electron chi connectivity index (χ3n) is 4.55. The molecule has 2 rings (SSSR count). The van der Waals surface area contributed by atoms with Gasteiger partial charge in [-0.15, -0.1) is 0 Å². The van der Waals surface area contributed by atoms with Crippen molar-refractivity contribution in [3.05, 3.63) is 35.9 Å². The molecule has 1 aliphatic heterocycles. The summed E-state index contributed by atoms with van der Waals surface area (Å²) in [7, 11) is 0. The summed E-state index contributed by atoms with van der Waals surface area (Å²) in [4.78, 5) is 25.1. The number of carbonyl (C=O) groups is 2. The minimum atomic E-state index is -0.796. The lowest BCUT2D eigenvalue weighted by molar-refractivity contribution is -0.143. The molecule has 3 unspecified atom stereocenters. The largest absolute Gasteiger partial charge is 0.481 e. The molecule has 1 saturated heterocycles. The Labute approximate surface area is 125 Å². The molecule has 1 heterocycles. The van der Waals surface area contributed by atoms with Gasteiger partial charge in [0.1, 0.15) is 0 Å². The summed E-state index contributed by atoms with van der Waals surface area (Å²) in [5.41, 5.74) is 1.24. The second kappa shape index (κ2) is 6.74. The van der Waals surface area contributed by atoms with Gasteiger partial charge in [-0.2, -0.15) is 0 Å². The molecule has 3 atom stereocenters. The van der Waals surface area contributed by atoms with Crippen LogP contribution in [0.1, 0.15) is 44.6 Å². The molecule has 4 heteroatoms. The molecule has 4 nitrogen and oxygen atoms in total. The average Bonchev–Trinajstić information content (AvgIpc) is 2.87. The first kappa shape index (κ1) is 15.5. The predicted octanol–water partition coefficient (Wildman–Crippen LogP) is 2.89. The van der Waals surface area contributed by atoms with Crippen molar-refractivity contribution in [2.75, 3.05) is 6.54 Å². The van der Waals surface area contributed by atoms with Gasteiger partial charge in [0.2, 0.25) is 5.91 Å². The normalized spacial score (nSPS) is 23.0. The maximum absolute atomic E-state index is 12.3. The number of hydrogen-bond acceptors (Lipinski definition) is 2. The van der Waals surface area contributed by atoms with E-state index in [2.05, 4.69) is 19.1 Å². The second-order valence-corrected chi connectivity index (χ2v) is 5.91. The van der Waals surface area contributed by atoms with Gasteiger partial charge in [0.25, 0.3) is 0 Å². The van der Waals surface area contributed by atoms with Gasteiger partial charge in [-0.25, -0.2) is 0 Å². The number of rotatable bonds is 5. The topological polar surface area (TPSA) is 57.6 Å². The van der Waals surface area contributed by atoms with Crippen molar-refractivity contribution in [3.8, 4) is 0 Å². The maximum Gasteiger partial charge on any atom is 0.308 e. The van der Waals surface area contributed by atoms with E-state index in [1.165, 1.54) is 5.56 Å². The van der Waals surface area contributed by atoms with Gasteiger partial charge in [-0.3, -0.25) is 9.59 Å². The van der Waals surface area contributed by atoms with Crippen LogP contribution in [0, 0.1) is 5.92 Å². The number of benzene rings is 1. The standard InChI is InChI=1S/C17H23NO3/c1-12(14-6-4-3-5-7-14)8-9-16(19)18-11-10-15(13(18)2)17(20)21/h3-7,12-13,15H,8-11H2,1-2H3,(H,20,21). The Kier molecular flexibility index (Phi) is 4.99. The summed E-state index contributed by atoms with van der Waals surface area (Å²) in [6.07, 6.45) is 1.84. The number of carboxylic acid groups (broad SMARTS) is 1. The number of amides is 1. The Morgan fingerprint density at radius 1 is 1.33 bits per heavy atom. The van der Waals surface area contributed by atoms with Crippen LogP contribution in [-0.4, -0.2) is 34.5 Å². The van der Waals surface area contributed by atoms with E-state index in [-0.39, 0.29) is 11.9 Å². The minimum absolute atomic E-state index is 0.0778. The van der Waals surface area contributed by atoms with Crippen molar-refractivity contribution < 1.29 is 14.7 Å². The van der Waals surface area contributed by atoms with E-state index in [1.807, 2.05) is 25.1 Å². The van der Waals surface area contributed by atoms with Crippen LogP contribution in [0.25, 0.3) is 0 Å². The molecule has 0 aromatic heterocycles. The van der Waals surface area contributed by atoms with Crippen molar-refractivity contribution in [2.24, 2.45) is 5.92 Å². The van der Waals surface area contributed by atoms with Crippen LogP contribution >= 0.6 is 0 Å². The molecule has 0 aliphatic carbocycles. The van der Waals surface area contributed by atoms with Crippen LogP contribution in [0.4, 0.5) is 0 Å². The van der Waals surface area contributed by atoms with Gasteiger partial charge in [0.05, 0.1) is 5.92 Å². The highest BCUT2D eigenvalue weighted by Crippen LogP contribution is 2.27. The zero-order valence-electron chi connectivity index (χ0n) is 12.7. The summed E-state index contributed by atoms with van der Waals surface area (Å²) in [6.45, 7) is 4.52. The summed E-state index contributed by atoms with van der Waals surface area (Å²) >= 11 is 0. The quantitative estimate of drug-likeness (QED) is 0.906. The monoisotopic (exact) mass is 289 g/mol. The third kappa shape index (κ3) is 3.63. The maximum atomic E-state index is 12.3. The Hall–Kier alpha value is -1.84. The summed E-state index contributed by atoms with van der Waals surface area (Å²) in [5.74, 6) is -0.798. The van der Waals surface area contributed by atoms with Gasteiger partial charge in [-0.1, -0.05) is 37.3 Å². The molecule has 1 fully saturated rings. The van der Waals surface area contributed by atoms with Crippen molar-refractivity contribution in [1.82, 2.24) is 4.90 Å². The Bertz CT molecular complexity index is 500. The number of nitrogens with zero attached hydrogens (tertiary/aromatic N) is 1. The van der Waals surface area contributed by atoms with Crippen LogP contribution < -0.4 is 0 Å². The van der Waals surface area contributed by atoms with Gasteiger partial charge >= 0.3 is 5.97 Å². The SMILES string of the molecule is CC(CCC(=O)N1CCC(C(=O)O)C1C)c1ccccc1. The van der Waals surface area contributed by atoms with E-state index in [9.17, 15) is 9.59 Å². The van der Waals surface area contributed by atoms with Crippen molar-refractivity contribution in [3.63, 3.8) is 0 Å². The van der Waals surface area contributed by atoms with Crippen LogP contribution in [0.15, 0.2) is 30.3 Å². The van der Waals surface area contributed by atoms with Crippen LogP contribution in [0.2, 0.25) is 0 Å². The fourth-order valence-electron chi connectivity index (χ4n) is 3.05. The molecule has 1 aliphatic rings. The Morgan fingerprint density at radius 3 is 2.57 bits per heavy atom. The van der Waals surface area contributed by atoms with E-state index in [1.54, 1.807) is 4.90 Å². The first-order valence-corrected chi connectivity index (χ1v) is 7.58. The molecule has 0 radical (unpaired) electrons. The van der Waals surface area contributed by atoms with Crippen LogP contribution in [0.5, 0.6) is 0 Å². The zero-order valence-corrected chi connectivity index (χ0v) is 12.7. The molecule has 1 N–H and O–H groups in total. The number of carboxylic acids is 1. The van der Waals surface area contributed by atoms with E-state index in [0.29, 0.717) is 25.3 Å². The summed E-state index contributed by atoms with van der Waals surface area (Å²) in [6, 6.07) is 9.96. The lowest BCUT2D eigenvalue weighted by Gasteiger charge is -2.24. The van der Waals surface area contributed by atoms with Gasteiger partial charge < -0.3 is 10.0 Å². The van der Waals surface area contributed by atoms with Crippen molar-refractivity contribution >= 4 is 11.9 Å². The second-order valence-electron chi connectivity index (χ2n) is 5.91. The smallest absolute Gasteiger partial charge is 0.308 e. The van der Waals surface area contributed by atoms with Gasteiger partial charge in [0, 0.05) is 19.0 Å². The number of aliphatic carboxylic acids is 1. The first-order chi connectivity index (χ1) is 10.0. The van der Waals surface area contributed by atoms with Crippen LogP contribution in [-0.2, 0) is 9.59 Å². The molecule has 0 bridgehead atoms. The molecule has 1 amide bonds. The van der Waals surface area contributed by atoms with E-state index >= 15 is 0 Å². The molecule has 114 valence electrons. The summed E-state index contributed by atoms with van der Waals surface area (Å²) < 4.78 is 0. The number of likely N-dealkylation sites (tertiary alicyclic amines) is 1. The Balaban J connectivity index is 1.87. The number of hydrogen-bond donors (Lipinski definition) is 1. The predicted molar refractivity (Wildman–Crippen MR) is 81.0 cm³/mol. The first-order valence-electron chi connectivity index (χ1n) is 7.58. The molecule has 21 heavy (non-hydrogen) atoms. The van der Waals surface area contributed by atoms with E-state index in [0.717, 1.165) is 6.42 Å². The Morgan fingerprint density at radius 2 is 2.00 bits per heavy atom. The van der Waals surface area contributed by atoms with Gasteiger partial charge in [0.15, 0.2) is 0 Å². The highest BCUT2D eigenvalue weighted by molar-refractivity contribution is 5.79. The molecule has 1 aromatic carbocycles. The number of carbonyl (C=O) groups excluding carboxylic acids is 1. The van der Waals surface area contributed by atoms with E-state index < -0.39 is 11.9 Å². The molecular formula is C17H23NO3.